The van der Waals surface area contributed by atoms with Crippen LogP contribution in [-0.2, 0) is 4.74 Å². The summed E-state index contributed by atoms with van der Waals surface area (Å²) in [4.78, 5) is 29.9. The van der Waals surface area contributed by atoms with Gasteiger partial charge in [-0.25, -0.2) is 24.7 Å². The van der Waals surface area contributed by atoms with E-state index in [4.69, 9.17) is 21.1 Å². The molecule has 0 bridgehead atoms. The summed E-state index contributed by atoms with van der Waals surface area (Å²) in [5, 5.41) is 3.79. The minimum Gasteiger partial charge on any atom is -0.462 e. The molecule has 2 aromatic carbocycles. The molecule has 172 valence electrons. The number of ether oxygens (including phenoxy) is 2. The minimum absolute atomic E-state index is 0.225. The minimum atomic E-state index is -0.514. The van der Waals surface area contributed by atoms with E-state index in [1.54, 1.807) is 43.3 Å². The van der Waals surface area contributed by atoms with Crippen molar-refractivity contribution in [1.29, 1.82) is 0 Å². The number of benzene rings is 2. The lowest BCUT2D eigenvalue weighted by Crippen LogP contribution is -2.11. The van der Waals surface area contributed by atoms with E-state index in [0.717, 1.165) is 17.0 Å². The Morgan fingerprint density at radius 1 is 0.971 bits per heavy atom. The van der Waals surface area contributed by atoms with Crippen LogP contribution >= 0.6 is 11.6 Å². The number of esters is 1. The zero-order chi connectivity index (χ0) is 24.1. The summed E-state index contributed by atoms with van der Waals surface area (Å²) < 4.78 is 10.9. The Morgan fingerprint density at radius 3 is 2.29 bits per heavy atom. The van der Waals surface area contributed by atoms with E-state index in [-0.39, 0.29) is 18.2 Å². The Morgan fingerprint density at radius 2 is 1.65 bits per heavy atom. The molecule has 34 heavy (non-hydrogen) atoms. The van der Waals surface area contributed by atoms with E-state index in [9.17, 15) is 4.79 Å². The Labute approximate surface area is 202 Å². The van der Waals surface area contributed by atoms with Gasteiger partial charge in [0.15, 0.2) is 5.82 Å². The second-order valence-electron chi connectivity index (χ2n) is 7.37. The van der Waals surface area contributed by atoms with Gasteiger partial charge >= 0.3 is 12.0 Å². The van der Waals surface area contributed by atoms with Crippen molar-refractivity contribution in [3.05, 3.63) is 82.8 Å². The number of halogens is 1. The standard InChI is InChI=1S/C25H22ClN5O3/c1-4-33-24(32)21-14-27-22(17-5-7-18(26)8-6-17)31-23(21)30-19-9-11-20(12-10-19)34-25-28-15(2)13-16(3)29-25/h5-14H,4H2,1-3H3,(H,27,30,31). The molecule has 9 heteroatoms. The number of carbonyl (C=O) groups excluding carboxylic acids is 1. The fourth-order valence-corrected chi connectivity index (χ4v) is 3.29. The summed E-state index contributed by atoms with van der Waals surface area (Å²) in [6, 6.07) is 16.4. The molecule has 0 aliphatic rings. The van der Waals surface area contributed by atoms with Crippen LogP contribution in [0.4, 0.5) is 11.5 Å². The van der Waals surface area contributed by atoms with Gasteiger partial charge in [-0.15, -0.1) is 0 Å². The fourth-order valence-electron chi connectivity index (χ4n) is 3.16. The van der Waals surface area contributed by atoms with Gasteiger partial charge in [-0.1, -0.05) is 11.6 Å². The number of aryl methyl sites for hydroxylation is 2. The molecule has 0 spiro atoms. The highest BCUT2D eigenvalue weighted by molar-refractivity contribution is 6.30. The summed E-state index contributed by atoms with van der Waals surface area (Å²) in [6.45, 7) is 5.75. The normalized spacial score (nSPS) is 10.6. The fraction of sp³-hybridized carbons (Fsp3) is 0.160. The highest BCUT2D eigenvalue weighted by Gasteiger charge is 2.17. The molecule has 0 aliphatic heterocycles. The molecule has 0 fully saturated rings. The van der Waals surface area contributed by atoms with Gasteiger partial charge in [0.1, 0.15) is 17.1 Å². The molecule has 2 aromatic heterocycles. The van der Waals surface area contributed by atoms with E-state index in [0.29, 0.717) is 28.1 Å². The number of hydrogen-bond donors (Lipinski definition) is 1. The maximum Gasteiger partial charge on any atom is 0.343 e. The third-order valence-electron chi connectivity index (χ3n) is 4.67. The summed E-state index contributed by atoms with van der Waals surface area (Å²) in [6.07, 6.45) is 1.45. The Kier molecular flexibility index (Phi) is 6.98. The van der Waals surface area contributed by atoms with Gasteiger partial charge in [0.25, 0.3) is 0 Å². The van der Waals surface area contributed by atoms with Gasteiger partial charge in [0, 0.05) is 33.9 Å². The highest BCUT2D eigenvalue weighted by atomic mass is 35.5. The van der Waals surface area contributed by atoms with Crippen molar-refractivity contribution in [1.82, 2.24) is 19.9 Å². The Hall–Kier alpha value is -4.04. The first kappa shape index (κ1) is 23.1. The van der Waals surface area contributed by atoms with Crippen molar-refractivity contribution in [2.24, 2.45) is 0 Å². The predicted molar refractivity (Wildman–Crippen MR) is 130 cm³/mol. The molecule has 8 nitrogen and oxygen atoms in total. The molecule has 2 heterocycles. The smallest absolute Gasteiger partial charge is 0.343 e. The number of anilines is 2. The number of nitrogens with zero attached hydrogens (tertiary/aromatic N) is 4. The van der Waals surface area contributed by atoms with Crippen LogP contribution < -0.4 is 10.1 Å². The third kappa shape index (κ3) is 5.65. The van der Waals surface area contributed by atoms with E-state index < -0.39 is 5.97 Å². The van der Waals surface area contributed by atoms with Crippen molar-refractivity contribution in [2.75, 3.05) is 11.9 Å². The Bertz CT molecular complexity index is 1290. The molecule has 0 unspecified atom stereocenters. The summed E-state index contributed by atoms with van der Waals surface area (Å²) in [5.74, 6) is 0.828. The molecule has 0 saturated heterocycles. The van der Waals surface area contributed by atoms with Crippen LogP contribution in [0.3, 0.4) is 0 Å². The molecule has 0 saturated carbocycles. The lowest BCUT2D eigenvalue weighted by molar-refractivity contribution is 0.0526. The lowest BCUT2D eigenvalue weighted by atomic mass is 10.2. The quantitative estimate of drug-likeness (QED) is 0.329. The molecule has 0 radical (unpaired) electrons. The number of aromatic nitrogens is 4. The zero-order valence-electron chi connectivity index (χ0n) is 18.9. The van der Waals surface area contributed by atoms with Gasteiger partial charge in [-0.05, 0) is 75.4 Å². The second-order valence-corrected chi connectivity index (χ2v) is 7.80. The first-order valence-corrected chi connectivity index (χ1v) is 11.0. The van der Waals surface area contributed by atoms with Crippen molar-refractivity contribution < 1.29 is 14.3 Å². The average molecular weight is 476 g/mol. The number of carbonyl (C=O) groups is 1. The molecule has 4 aromatic rings. The van der Waals surface area contributed by atoms with E-state index in [1.807, 2.05) is 32.0 Å². The average Bonchev–Trinajstić information content (AvgIpc) is 2.80. The van der Waals surface area contributed by atoms with E-state index in [1.165, 1.54) is 6.20 Å². The van der Waals surface area contributed by atoms with Crippen molar-refractivity contribution in [2.45, 2.75) is 20.8 Å². The van der Waals surface area contributed by atoms with E-state index in [2.05, 4.69) is 25.3 Å². The zero-order valence-corrected chi connectivity index (χ0v) is 19.6. The van der Waals surface area contributed by atoms with Gasteiger partial charge in [-0.2, -0.15) is 0 Å². The van der Waals surface area contributed by atoms with Crippen molar-refractivity contribution in [3.63, 3.8) is 0 Å². The largest absolute Gasteiger partial charge is 0.462 e. The maximum atomic E-state index is 12.5. The van der Waals surface area contributed by atoms with Crippen LogP contribution in [0.25, 0.3) is 11.4 Å². The summed E-state index contributed by atoms with van der Waals surface area (Å²) in [7, 11) is 0. The molecule has 1 N–H and O–H groups in total. The van der Waals surface area contributed by atoms with Gasteiger partial charge in [0.2, 0.25) is 0 Å². The first-order valence-electron chi connectivity index (χ1n) is 10.6. The van der Waals surface area contributed by atoms with Crippen LogP contribution in [0.2, 0.25) is 5.02 Å². The van der Waals surface area contributed by atoms with Crippen LogP contribution in [0.5, 0.6) is 11.8 Å². The third-order valence-corrected chi connectivity index (χ3v) is 4.93. The number of hydrogen-bond acceptors (Lipinski definition) is 8. The number of rotatable bonds is 7. The summed E-state index contributed by atoms with van der Waals surface area (Å²) in [5.41, 5.74) is 3.34. The molecule has 4 rings (SSSR count). The molecular weight excluding hydrogens is 454 g/mol. The lowest BCUT2D eigenvalue weighted by Gasteiger charge is -2.12. The van der Waals surface area contributed by atoms with Crippen LogP contribution in [0, 0.1) is 13.8 Å². The number of nitrogens with one attached hydrogen (secondary N) is 1. The topological polar surface area (TPSA) is 99.1 Å². The molecule has 0 aliphatic carbocycles. The van der Waals surface area contributed by atoms with Gasteiger partial charge in [0.05, 0.1) is 6.61 Å². The first-order chi connectivity index (χ1) is 16.4. The second kappa shape index (κ2) is 10.3. The highest BCUT2D eigenvalue weighted by Crippen LogP contribution is 2.26. The van der Waals surface area contributed by atoms with Crippen molar-refractivity contribution >= 4 is 29.1 Å². The maximum absolute atomic E-state index is 12.5. The predicted octanol–water partition coefficient (Wildman–Crippen LogP) is 5.92. The van der Waals surface area contributed by atoms with Crippen molar-refractivity contribution in [3.8, 4) is 23.1 Å². The molecular formula is C25H22ClN5O3. The van der Waals surface area contributed by atoms with Crippen LogP contribution in [0.15, 0.2) is 60.8 Å². The van der Waals surface area contributed by atoms with Crippen LogP contribution in [-0.4, -0.2) is 32.5 Å². The Balaban J connectivity index is 1.60. The molecule has 0 amide bonds. The molecule has 0 atom stereocenters. The summed E-state index contributed by atoms with van der Waals surface area (Å²) >= 11 is 5.99. The van der Waals surface area contributed by atoms with Gasteiger partial charge in [-0.3, -0.25) is 0 Å². The monoisotopic (exact) mass is 475 g/mol. The van der Waals surface area contributed by atoms with Gasteiger partial charge < -0.3 is 14.8 Å². The van der Waals surface area contributed by atoms with E-state index >= 15 is 0 Å². The SMILES string of the molecule is CCOC(=O)c1cnc(-c2ccc(Cl)cc2)nc1Nc1ccc(Oc2nc(C)cc(C)n2)cc1. The van der Waals surface area contributed by atoms with Crippen LogP contribution in [0.1, 0.15) is 28.7 Å².